The maximum Gasteiger partial charge on any atom is 0.567 e. The summed E-state index contributed by atoms with van der Waals surface area (Å²) in [7, 11) is -1.09. The van der Waals surface area contributed by atoms with E-state index in [0.29, 0.717) is 5.76 Å². The summed E-state index contributed by atoms with van der Waals surface area (Å²) in [4.78, 5) is 0. The second-order valence-electron chi connectivity index (χ2n) is 4.77. The van der Waals surface area contributed by atoms with Gasteiger partial charge in [0.1, 0.15) is 11.4 Å². The molecule has 1 saturated heterocycles. The number of halogens is 3. The SMILES string of the molecule is C=C1OB(c2cc(C(F)(F)F)ccc2O)OC1(C)C. The second-order valence-corrected chi connectivity index (χ2v) is 4.77. The van der Waals surface area contributed by atoms with Gasteiger partial charge in [0, 0.05) is 5.46 Å². The molecule has 2 rings (SSSR count). The Balaban J connectivity index is 2.38. The summed E-state index contributed by atoms with van der Waals surface area (Å²) in [6.07, 6.45) is -4.49. The number of benzene rings is 1. The van der Waals surface area contributed by atoms with Crippen molar-refractivity contribution < 1.29 is 27.6 Å². The molecule has 1 fully saturated rings. The van der Waals surface area contributed by atoms with Gasteiger partial charge in [-0.15, -0.1) is 0 Å². The minimum atomic E-state index is -4.49. The van der Waals surface area contributed by atoms with Crippen LogP contribution in [0.5, 0.6) is 5.75 Å². The Morgan fingerprint density at radius 2 is 1.95 bits per heavy atom. The van der Waals surface area contributed by atoms with E-state index in [-0.39, 0.29) is 11.2 Å². The fraction of sp³-hybridized carbons (Fsp3) is 0.333. The summed E-state index contributed by atoms with van der Waals surface area (Å²) in [6.45, 7) is 6.99. The van der Waals surface area contributed by atoms with Gasteiger partial charge in [0.05, 0.1) is 11.3 Å². The lowest BCUT2D eigenvalue weighted by Gasteiger charge is -2.16. The van der Waals surface area contributed by atoms with E-state index in [1.54, 1.807) is 13.8 Å². The van der Waals surface area contributed by atoms with E-state index in [9.17, 15) is 18.3 Å². The standard InChI is InChI=1S/C12H12BF3O3/c1-7-11(2,3)19-13(18-7)9-6-8(12(14,15)16)4-5-10(9)17/h4-6,17H,1H2,2-3H3. The molecule has 0 amide bonds. The van der Waals surface area contributed by atoms with Crippen molar-refractivity contribution in [2.24, 2.45) is 0 Å². The lowest BCUT2D eigenvalue weighted by atomic mass is 9.77. The first-order valence-corrected chi connectivity index (χ1v) is 5.55. The van der Waals surface area contributed by atoms with Gasteiger partial charge >= 0.3 is 13.3 Å². The number of phenols is 1. The van der Waals surface area contributed by atoms with Crippen molar-refractivity contribution in [3.05, 3.63) is 36.1 Å². The smallest absolute Gasteiger partial charge is 0.534 e. The third kappa shape index (κ3) is 2.56. The van der Waals surface area contributed by atoms with Gasteiger partial charge in [-0.1, -0.05) is 6.58 Å². The Hall–Kier alpha value is -1.63. The van der Waals surface area contributed by atoms with Crippen LogP contribution in [-0.2, 0) is 15.5 Å². The van der Waals surface area contributed by atoms with Gasteiger partial charge in [-0.05, 0) is 32.0 Å². The van der Waals surface area contributed by atoms with Gasteiger partial charge in [0.2, 0.25) is 0 Å². The molecule has 1 N–H and O–H groups in total. The lowest BCUT2D eigenvalue weighted by Crippen LogP contribution is -2.35. The van der Waals surface area contributed by atoms with Gasteiger partial charge in [0.25, 0.3) is 0 Å². The molecule has 3 nitrogen and oxygen atoms in total. The summed E-state index contributed by atoms with van der Waals surface area (Å²) in [6, 6.07) is 2.58. The molecule has 0 bridgehead atoms. The van der Waals surface area contributed by atoms with E-state index in [1.165, 1.54) is 0 Å². The van der Waals surface area contributed by atoms with Crippen LogP contribution in [0.15, 0.2) is 30.5 Å². The van der Waals surface area contributed by atoms with E-state index in [2.05, 4.69) is 6.58 Å². The largest absolute Gasteiger partial charge is 0.567 e. The van der Waals surface area contributed by atoms with Gasteiger partial charge in [0.15, 0.2) is 0 Å². The molecule has 0 radical (unpaired) electrons. The zero-order chi connectivity index (χ0) is 14.4. The fourth-order valence-corrected chi connectivity index (χ4v) is 1.68. The van der Waals surface area contributed by atoms with Crippen molar-refractivity contribution in [2.45, 2.75) is 25.6 Å². The molecule has 1 aliphatic heterocycles. The summed E-state index contributed by atoms with van der Waals surface area (Å²) in [5.41, 5.74) is -1.75. The maximum atomic E-state index is 12.6. The van der Waals surface area contributed by atoms with Crippen molar-refractivity contribution in [2.75, 3.05) is 0 Å². The summed E-state index contributed by atoms with van der Waals surface area (Å²) < 4.78 is 48.6. The van der Waals surface area contributed by atoms with E-state index in [4.69, 9.17) is 9.31 Å². The Kier molecular flexibility index (Phi) is 3.05. The van der Waals surface area contributed by atoms with E-state index in [1.807, 2.05) is 0 Å². The molecule has 1 heterocycles. The minimum Gasteiger partial charge on any atom is -0.534 e. The van der Waals surface area contributed by atoms with Crippen molar-refractivity contribution >= 4 is 12.6 Å². The average Bonchev–Trinajstić information content (AvgIpc) is 2.52. The third-order valence-electron chi connectivity index (χ3n) is 2.93. The van der Waals surface area contributed by atoms with E-state index >= 15 is 0 Å². The van der Waals surface area contributed by atoms with Crippen molar-refractivity contribution in [1.82, 2.24) is 0 Å². The molecule has 0 unspecified atom stereocenters. The first-order chi connectivity index (χ1) is 8.61. The molecular weight excluding hydrogens is 260 g/mol. The Labute approximate surface area is 108 Å². The molecule has 102 valence electrons. The number of aromatic hydroxyl groups is 1. The van der Waals surface area contributed by atoms with Crippen LogP contribution in [0.2, 0.25) is 0 Å². The fourth-order valence-electron chi connectivity index (χ4n) is 1.68. The highest BCUT2D eigenvalue weighted by Gasteiger charge is 2.45. The summed E-state index contributed by atoms with van der Waals surface area (Å²) in [5.74, 6) is -0.0159. The minimum absolute atomic E-state index is 0.0680. The molecule has 19 heavy (non-hydrogen) atoms. The van der Waals surface area contributed by atoms with Crippen LogP contribution >= 0.6 is 0 Å². The Morgan fingerprint density at radius 1 is 1.32 bits per heavy atom. The van der Waals surface area contributed by atoms with Gasteiger partial charge in [-0.25, -0.2) is 0 Å². The van der Waals surface area contributed by atoms with Gasteiger partial charge in [-0.2, -0.15) is 13.2 Å². The number of rotatable bonds is 1. The number of hydrogen-bond acceptors (Lipinski definition) is 3. The van der Waals surface area contributed by atoms with E-state index in [0.717, 1.165) is 18.2 Å². The predicted octanol–water partition coefficient (Wildman–Crippen LogP) is 2.45. The third-order valence-corrected chi connectivity index (χ3v) is 2.93. The van der Waals surface area contributed by atoms with Crippen molar-refractivity contribution in [3.63, 3.8) is 0 Å². The van der Waals surface area contributed by atoms with Crippen LogP contribution in [0.25, 0.3) is 0 Å². The number of phenolic OH excluding ortho intramolecular Hbond substituents is 1. The normalized spacial score (nSPS) is 18.6. The van der Waals surface area contributed by atoms with Gasteiger partial charge in [-0.3, -0.25) is 0 Å². The highest BCUT2D eigenvalue weighted by molar-refractivity contribution is 6.63. The summed E-state index contributed by atoms with van der Waals surface area (Å²) in [5, 5.41) is 9.66. The van der Waals surface area contributed by atoms with E-state index < -0.39 is 24.5 Å². The topological polar surface area (TPSA) is 38.7 Å². The average molecular weight is 272 g/mol. The molecule has 1 aromatic rings. The number of hydrogen-bond donors (Lipinski definition) is 1. The van der Waals surface area contributed by atoms with Crippen LogP contribution in [-0.4, -0.2) is 17.8 Å². The lowest BCUT2D eigenvalue weighted by molar-refractivity contribution is -0.137. The monoisotopic (exact) mass is 272 g/mol. The van der Waals surface area contributed by atoms with Crippen molar-refractivity contribution in [1.29, 1.82) is 0 Å². The van der Waals surface area contributed by atoms with Crippen LogP contribution in [0.3, 0.4) is 0 Å². The molecule has 7 heteroatoms. The Morgan fingerprint density at radius 3 is 2.42 bits per heavy atom. The zero-order valence-corrected chi connectivity index (χ0v) is 10.4. The number of alkyl halides is 3. The van der Waals surface area contributed by atoms with Crippen LogP contribution in [0.1, 0.15) is 19.4 Å². The Bertz CT molecular complexity index is 525. The molecule has 1 aliphatic rings. The molecular formula is C12H12BF3O3. The molecule has 0 saturated carbocycles. The first kappa shape index (κ1) is 13.8. The highest BCUT2D eigenvalue weighted by Crippen LogP contribution is 2.33. The molecule has 0 spiro atoms. The van der Waals surface area contributed by atoms with Crippen LogP contribution < -0.4 is 5.46 Å². The first-order valence-electron chi connectivity index (χ1n) is 5.55. The van der Waals surface area contributed by atoms with Gasteiger partial charge < -0.3 is 14.4 Å². The van der Waals surface area contributed by atoms with Crippen molar-refractivity contribution in [3.8, 4) is 5.75 Å². The maximum absolute atomic E-state index is 12.6. The molecule has 0 atom stereocenters. The quantitative estimate of drug-likeness (QED) is 0.798. The van der Waals surface area contributed by atoms with Crippen LogP contribution in [0, 0.1) is 0 Å². The second kappa shape index (κ2) is 4.20. The molecule has 0 aromatic heterocycles. The predicted molar refractivity (Wildman–Crippen MR) is 63.9 cm³/mol. The molecule has 1 aromatic carbocycles. The zero-order valence-electron chi connectivity index (χ0n) is 10.4. The molecule has 0 aliphatic carbocycles. The highest BCUT2D eigenvalue weighted by atomic mass is 19.4. The van der Waals surface area contributed by atoms with Crippen LogP contribution in [0.4, 0.5) is 13.2 Å². The summed E-state index contributed by atoms with van der Waals surface area (Å²) >= 11 is 0.